The normalized spacial score (nSPS) is 18.7. The summed E-state index contributed by atoms with van der Waals surface area (Å²) < 4.78 is 23.2. The van der Waals surface area contributed by atoms with Gasteiger partial charge in [-0.15, -0.1) is 0 Å². The standard InChI is InChI=1S/C17H18ClN3O3S/c1-21(15-6-8-25(23,24)11-15)17(22)16-10-14(5-7-19-16)20-13-4-2-3-12(18)9-13/h2-5,7,9-10,15H,6,8,11H2,1H3,(H,19,20). The van der Waals surface area contributed by atoms with Crippen LogP contribution in [0.25, 0.3) is 0 Å². The number of hydrogen-bond acceptors (Lipinski definition) is 5. The lowest BCUT2D eigenvalue weighted by Gasteiger charge is -2.23. The van der Waals surface area contributed by atoms with Crippen molar-refractivity contribution < 1.29 is 13.2 Å². The predicted molar refractivity (Wildman–Crippen MR) is 98.1 cm³/mol. The molecule has 3 rings (SSSR count). The first-order valence-electron chi connectivity index (χ1n) is 7.80. The van der Waals surface area contributed by atoms with Crippen LogP contribution in [-0.4, -0.2) is 48.8 Å². The first kappa shape index (κ1) is 17.7. The van der Waals surface area contributed by atoms with Crippen LogP contribution in [0.1, 0.15) is 16.9 Å². The number of carbonyl (C=O) groups excluding carboxylic acids is 1. The molecule has 0 radical (unpaired) electrons. The number of rotatable bonds is 4. The summed E-state index contributed by atoms with van der Waals surface area (Å²) in [7, 11) is -1.43. The molecule has 0 spiro atoms. The number of halogens is 1. The van der Waals surface area contributed by atoms with Crippen molar-refractivity contribution in [2.24, 2.45) is 0 Å². The van der Waals surface area contributed by atoms with Crippen molar-refractivity contribution in [1.82, 2.24) is 9.88 Å². The van der Waals surface area contributed by atoms with Gasteiger partial charge in [-0.25, -0.2) is 8.42 Å². The molecule has 0 saturated carbocycles. The lowest BCUT2D eigenvalue weighted by molar-refractivity contribution is 0.0742. The Hall–Kier alpha value is -2.12. The number of anilines is 2. The van der Waals surface area contributed by atoms with E-state index in [-0.39, 0.29) is 29.1 Å². The van der Waals surface area contributed by atoms with Crippen molar-refractivity contribution in [3.05, 3.63) is 53.3 Å². The first-order valence-corrected chi connectivity index (χ1v) is 10.0. The predicted octanol–water partition coefficient (Wildman–Crippen LogP) is 2.74. The van der Waals surface area contributed by atoms with Gasteiger partial charge in [-0.2, -0.15) is 0 Å². The van der Waals surface area contributed by atoms with Crippen molar-refractivity contribution in [3.8, 4) is 0 Å². The molecule has 1 N–H and O–H groups in total. The van der Waals surface area contributed by atoms with E-state index in [0.717, 1.165) is 5.69 Å². The largest absolute Gasteiger partial charge is 0.355 e. The topological polar surface area (TPSA) is 79.4 Å². The first-order chi connectivity index (χ1) is 11.8. The van der Waals surface area contributed by atoms with Gasteiger partial charge in [0.05, 0.1) is 11.5 Å². The summed E-state index contributed by atoms with van der Waals surface area (Å²) in [5.74, 6) is -0.161. The lowest BCUT2D eigenvalue weighted by Crippen LogP contribution is -2.38. The molecule has 1 fully saturated rings. The number of carbonyl (C=O) groups is 1. The van der Waals surface area contributed by atoms with Crippen molar-refractivity contribution in [2.45, 2.75) is 12.5 Å². The highest BCUT2D eigenvalue weighted by Crippen LogP contribution is 2.22. The molecule has 1 aliphatic heterocycles. The Labute approximate surface area is 151 Å². The highest BCUT2D eigenvalue weighted by atomic mass is 35.5. The number of nitrogens with one attached hydrogen (secondary N) is 1. The van der Waals surface area contributed by atoms with E-state index >= 15 is 0 Å². The lowest BCUT2D eigenvalue weighted by atomic mass is 10.2. The summed E-state index contributed by atoms with van der Waals surface area (Å²) in [5, 5.41) is 3.78. The van der Waals surface area contributed by atoms with Crippen LogP contribution in [0, 0.1) is 0 Å². The molecule has 1 atom stereocenters. The monoisotopic (exact) mass is 379 g/mol. The van der Waals surface area contributed by atoms with Gasteiger partial charge in [0.15, 0.2) is 9.84 Å². The van der Waals surface area contributed by atoms with Crippen molar-refractivity contribution in [3.63, 3.8) is 0 Å². The van der Waals surface area contributed by atoms with E-state index in [2.05, 4.69) is 10.3 Å². The minimum Gasteiger partial charge on any atom is -0.355 e. The molecule has 1 aromatic carbocycles. The molecule has 0 aliphatic carbocycles. The second kappa shape index (κ2) is 7.01. The molecule has 1 aromatic heterocycles. The number of benzene rings is 1. The number of nitrogens with zero attached hydrogens (tertiary/aromatic N) is 2. The number of pyridine rings is 1. The molecule has 1 amide bonds. The van der Waals surface area contributed by atoms with Gasteiger partial charge in [0, 0.05) is 35.7 Å². The van der Waals surface area contributed by atoms with E-state index < -0.39 is 9.84 Å². The summed E-state index contributed by atoms with van der Waals surface area (Å²) in [6.45, 7) is 0. The van der Waals surface area contributed by atoms with Crippen LogP contribution in [-0.2, 0) is 9.84 Å². The van der Waals surface area contributed by atoms with Crippen LogP contribution in [0.15, 0.2) is 42.6 Å². The zero-order valence-electron chi connectivity index (χ0n) is 13.6. The van der Waals surface area contributed by atoms with Gasteiger partial charge in [0.2, 0.25) is 0 Å². The van der Waals surface area contributed by atoms with Crippen LogP contribution >= 0.6 is 11.6 Å². The third-order valence-corrected chi connectivity index (χ3v) is 6.15. The molecule has 2 heterocycles. The van der Waals surface area contributed by atoms with Gasteiger partial charge >= 0.3 is 0 Å². The Bertz CT molecular complexity index is 902. The average molecular weight is 380 g/mol. The summed E-state index contributed by atoms with van der Waals surface area (Å²) >= 11 is 5.97. The van der Waals surface area contributed by atoms with Crippen molar-refractivity contribution in [1.29, 1.82) is 0 Å². The number of aromatic nitrogens is 1. The van der Waals surface area contributed by atoms with E-state index in [9.17, 15) is 13.2 Å². The molecule has 1 unspecified atom stereocenters. The van der Waals surface area contributed by atoms with Crippen molar-refractivity contribution in [2.75, 3.05) is 23.9 Å². The maximum absolute atomic E-state index is 12.6. The number of amides is 1. The Morgan fingerprint density at radius 1 is 1.28 bits per heavy atom. The third kappa shape index (κ3) is 4.29. The summed E-state index contributed by atoms with van der Waals surface area (Å²) in [4.78, 5) is 18.2. The molecule has 25 heavy (non-hydrogen) atoms. The number of hydrogen-bond donors (Lipinski definition) is 1. The summed E-state index contributed by atoms with van der Waals surface area (Å²) in [6, 6.07) is 10.3. The quantitative estimate of drug-likeness (QED) is 0.883. The van der Waals surface area contributed by atoms with E-state index in [1.807, 2.05) is 12.1 Å². The summed E-state index contributed by atoms with van der Waals surface area (Å²) in [6.07, 6.45) is 2.00. The molecule has 132 valence electrons. The Balaban J connectivity index is 1.75. The zero-order valence-corrected chi connectivity index (χ0v) is 15.2. The smallest absolute Gasteiger partial charge is 0.272 e. The van der Waals surface area contributed by atoms with Crippen LogP contribution in [0.2, 0.25) is 5.02 Å². The van der Waals surface area contributed by atoms with Crippen LogP contribution in [0.4, 0.5) is 11.4 Å². The maximum atomic E-state index is 12.6. The molecule has 6 nitrogen and oxygen atoms in total. The number of sulfone groups is 1. The van der Waals surface area contributed by atoms with E-state index in [1.54, 1.807) is 37.5 Å². The fourth-order valence-corrected chi connectivity index (χ4v) is 4.75. The van der Waals surface area contributed by atoms with Crippen LogP contribution < -0.4 is 5.32 Å². The third-order valence-electron chi connectivity index (χ3n) is 4.17. The average Bonchev–Trinajstić information content (AvgIpc) is 2.94. The summed E-state index contributed by atoms with van der Waals surface area (Å²) in [5.41, 5.74) is 1.76. The minimum absolute atomic E-state index is 0.00962. The van der Waals surface area contributed by atoms with E-state index in [0.29, 0.717) is 17.1 Å². The molecule has 1 saturated heterocycles. The molecule has 0 bridgehead atoms. The van der Waals surface area contributed by atoms with Gasteiger partial charge in [-0.3, -0.25) is 9.78 Å². The molecule has 1 aliphatic rings. The molecular weight excluding hydrogens is 362 g/mol. The zero-order chi connectivity index (χ0) is 18.0. The Kier molecular flexibility index (Phi) is 4.96. The van der Waals surface area contributed by atoms with Gasteiger partial charge in [0.25, 0.3) is 5.91 Å². The second-order valence-corrected chi connectivity index (χ2v) is 8.70. The van der Waals surface area contributed by atoms with Crippen molar-refractivity contribution >= 4 is 38.7 Å². The molecular formula is C17H18ClN3O3S. The second-order valence-electron chi connectivity index (χ2n) is 6.04. The minimum atomic E-state index is -3.05. The fourth-order valence-electron chi connectivity index (χ4n) is 2.79. The highest BCUT2D eigenvalue weighted by molar-refractivity contribution is 7.91. The molecule has 2 aromatic rings. The van der Waals surface area contributed by atoms with E-state index in [4.69, 9.17) is 11.6 Å². The Morgan fingerprint density at radius 2 is 2.04 bits per heavy atom. The molecule has 8 heteroatoms. The van der Waals surface area contributed by atoms with Gasteiger partial charge < -0.3 is 10.2 Å². The van der Waals surface area contributed by atoms with Crippen LogP contribution in [0.3, 0.4) is 0 Å². The fraction of sp³-hybridized carbons (Fsp3) is 0.294. The van der Waals surface area contributed by atoms with Gasteiger partial charge in [-0.05, 0) is 36.8 Å². The maximum Gasteiger partial charge on any atom is 0.272 e. The Morgan fingerprint density at radius 3 is 2.72 bits per heavy atom. The highest BCUT2D eigenvalue weighted by Gasteiger charge is 2.33. The van der Waals surface area contributed by atoms with Gasteiger partial charge in [-0.1, -0.05) is 17.7 Å². The van der Waals surface area contributed by atoms with Crippen LogP contribution in [0.5, 0.6) is 0 Å². The van der Waals surface area contributed by atoms with E-state index in [1.165, 1.54) is 4.90 Å². The van der Waals surface area contributed by atoms with Gasteiger partial charge in [0.1, 0.15) is 5.69 Å². The SMILES string of the molecule is CN(C(=O)c1cc(Nc2cccc(Cl)c2)ccn1)C1CCS(=O)(=O)C1.